The fourth-order valence-electron chi connectivity index (χ4n) is 2.10. The van der Waals surface area contributed by atoms with E-state index in [2.05, 4.69) is 5.32 Å². The minimum absolute atomic E-state index is 0.350. The highest BCUT2D eigenvalue weighted by Crippen LogP contribution is 2.15. The highest BCUT2D eigenvalue weighted by atomic mass is 16.5. The van der Waals surface area contributed by atoms with Crippen molar-refractivity contribution >= 4 is 17.6 Å². The lowest BCUT2D eigenvalue weighted by Gasteiger charge is -2.15. The van der Waals surface area contributed by atoms with E-state index in [0.717, 1.165) is 16.7 Å². The molecule has 1 atom stereocenters. The van der Waals surface area contributed by atoms with Gasteiger partial charge >= 0.3 is 5.97 Å². The van der Waals surface area contributed by atoms with Crippen molar-refractivity contribution in [3.05, 3.63) is 64.7 Å². The number of nitrogens with one attached hydrogen (secondary N) is 1. The SMILES string of the molecule is Cc1ccc(C(=O)O[C@@H](C)C(=O)Nc2ccccc2C)cc1C. The van der Waals surface area contributed by atoms with Gasteiger partial charge in [-0.2, -0.15) is 0 Å². The molecule has 23 heavy (non-hydrogen) atoms. The van der Waals surface area contributed by atoms with Crippen molar-refractivity contribution in [2.75, 3.05) is 5.32 Å². The predicted octanol–water partition coefficient (Wildman–Crippen LogP) is 3.80. The fourth-order valence-corrected chi connectivity index (χ4v) is 2.10. The number of benzene rings is 2. The van der Waals surface area contributed by atoms with Crippen LogP contribution in [0.15, 0.2) is 42.5 Å². The maximum Gasteiger partial charge on any atom is 0.338 e. The third-order valence-electron chi connectivity index (χ3n) is 3.80. The first-order valence-electron chi connectivity index (χ1n) is 7.53. The van der Waals surface area contributed by atoms with Crippen LogP contribution in [0.5, 0.6) is 0 Å². The summed E-state index contributed by atoms with van der Waals surface area (Å²) < 4.78 is 5.25. The Balaban J connectivity index is 2.01. The Labute approximate surface area is 136 Å². The number of carbonyl (C=O) groups excluding carboxylic acids is 2. The molecule has 4 nitrogen and oxygen atoms in total. The van der Waals surface area contributed by atoms with Gasteiger partial charge in [-0.1, -0.05) is 24.3 Å². The van der Waals surface area contributed by atoms with Crippen LogP contribution in [0.2, 0.25) is 0 Å². The van der Waals surface area contributed by atoms with Crippen LogP contribution in [0.3, 0.4) is 0 Å². The Morgan fingerprint density at radius 1 is 0.957 bits per heavy atom. The summed E-state index contributed by atoms with van der Waals surface area (Å²) in [7, 11) is 0. The summed E-state index contributed by atoms with van der Waals surface area (Å²) in [5.74, 6) is -0.850. The van der Waals surface area contributed by atoms with Crippen LogP contribution >= 0.6 is 0 Å². The second kappa shape index (κ2) is 7.09. The van der Waals surface area contributed by atoms with Gasteiger partial charge in [-0.05, 0) is 62.6 Å². The van der Waals surface area contributed by atoms with Gasteiger partial charge in [0.2, 0.25) is 0 Å². The zero-order chi connectivity index (χ0) is 17.0. The number of ether oxygens (including phenoxy) is 1. The molecule has 0 radical (unpaired) electrons. The van der Waals surface area contributed by atoms with Crippen LogP contribution in [0.25, 0.3) is 0 Å². The quantitative estimate of drug-likeness (QED) is 0.874. The normalized spacial score (nSPS) is 11.7. The third kappa shape index (κ3) is 4.19. The van der Waals surface area contributed by atoms with Crippen molar-refractivity contribution in [2.24, 2.45) is 0 Å². The van der Waals surface area contributed by atoms with Crippen LogP contribution in [0, 0.1) is 20.8 Å². The van der Waals surface area contributed by atoms with E-state index in [9.17, 15) is 9.59 Å². The van der Waals surface area contributed by atoms with Crippen LogP contribution in [0.1, 0.15) is 34.0 Å². The topological polar surface area (TPSA) is 55.4 Å². The number of rotatable bonds is 4. The van der Waals surface area contributed by atoms with E-state index in [1.807, 2.05) is 51.1 Å². The van der Waals surface area contributed by atoms with Gasteiger partial charge in [-0.15, -0.1) is 0 Å². The van der Waals surface area contributed by atoms with E-state index in [0.29, 0.717) is 11.3 Å². The molecule has 4 heteroatoms. The monoisotopic (exact) mass is 311 g/mol. The van der Waals surface area contributed by atoms with Gasteiger partial charge in [0.25, 0.3) is 5.91 Å². The molecular formula is C19H21NO3. The lowest BCUT2D eigenvalue weighted by atomic mass is 10.1. The maximum absolute atomic E-state index is 12.2. The second-order valence-electron chi connectivity index (χ2n) is 5.65. The van der Waals surface area contributed by atoms with Gasteiger partial charge in [-0.3, -0.25) is 4.79 Å². The Morgan fingerprint density at radius 2 is 1.65 bits per heavy atom. The van der Waals surface area contributed by atoms with Crippen LogP contribution < -0.4 is 5.32 Å². The second-order valence-corrected chi connectivity index (χ2v) is 5.65. The number of hydrogen-bond donors (Lipinski definition) is 1. The predicted molar refractivity (Wildman–Crippen MR) is 90.6 cm³/mol. The molecule has 0 aromatic heterocycles. The minimum atomic E-state index is -0.872. The van der Waals surface area contributed by atoms with Crippen LogP contribution in [0.4, 0.5) is 5.69 Å². The zero-order valence-corrected chi connectivity index (χ0v) is 13.8. The van der Waals surface area contributed by atoms with Gasteiger partial charge in [-0.25, -0.2) is 4.79 Å². The summed E-state index contributed by atoms with van der Waals surface area (Å²) in [6, 6.07) is 12.8. The molecule has 0 fully saturated rings. The van der Waals surface area contributed by atoms with E-state index in [-0.39, 0.29) is 5.91 Å². The number of hydrogen-bond acceptors (Lipinski definition) is 3. The molecule has 120 valence electrons. The molecule has 0 saturated carbocycles. The van der Waals surface area contributed by atoms with Crippen molar-refractivity contribution in [1.82, 2.24) is 0 Å². The minimum Gasteiger partial charge on any atom is -0.449 e. The molecule has 0 aliphatic rings. The van der Waals surface area contributed by atoms with Crippen molar-refractivity contribution in [3.63, 3.8) is 0 Å². The smallest absolute Gasteiger partial charge is 0.338 e. The Morgan fingerprint density at radius 3 is 2.30 bits per heavy atom. The van der Waals surface area contributed by atoms with Crippen molar-refractivity contribution < 1.29 is 14.3 Å². The number of para-hydroxylation sites is 1. The molecule has 0 aliphatic heterocycles. The summed E-state index contributed by atoms with van der Waals surface area (Å²) in [4.78, 5) is 24.3. The van der Waals surface area contributed by atoms with Gasteiger partial charge < -0.3 is 10.1 Å². The molecule has 0 unspecified atom stereocenters. The molecule has 2 aromatic rings. The van der Waals surface area contributed by atoms with Gasteiger partial charge in [0.15, 0.2) is 6.10 Å². The summed E-state index contributed by atoms with van der Waals surface area (Å²) >= 11 is 0. The van der Waals surface area contributed by atoms with E-state index < -0.39 is 12.1 Å². The number of carbonyl (C=O) groups is 2. The third-order valence-corrected chi connectivity index (χ3v) is 3.80. The summed E-state index contributed by atoms with van der Waals surface area (Å²) in [6.45, 7) is 7.37. The molecule has 0 saturated heterocycles. The first-order chi connectivity index (χ1) is 10.9. The average molecular weight is 311 g/mol. The van der Waals surface area contributed by atoms with E-state index in [1.54, 1.807) is 19.1 Å². The summed E-state index contributed by atoms with van der Waals surface area (Å²) in [5, 5.41) is 2.77. The van der Waals surface area contributed by atoms with Gasteiger partial charge in [0.1, 0.15) is 0 Å². The van der Waals surface area contributed by atoms with E-state index >= 15 is 0 Å². The van der Waals surface area contributed by atoms with Crippen molar-refractivity contribution in [3.8, 4) is 0 Å². The molecule has 0 heterocycles. The number of aryl methyl sites for hydroxylation is 3. The maximum atomic E-state index is 12.2. The van der Waals surface area contributed by atoms with E-state index in [4.69, 9.17) is 4.74 Å². The van der Waals surface area contributed by atoms with E-state index in [1.165, 1.54) is 0 Å². The lowest BCUT2D eigenvalue weighted by molar-refractivity contribution is -0.123. The average Bonchev–Trinajstić information content (AvgIpc) is 2.52. The summed E-state index contributed by atoms with van der Waals surface area (Å²) in [6.07, 6.45) is -0.872. The first kappa shape index (κ1) is 16.7. The highest BCUT2D eigenvalue weighted by molar-refractivity contribution is 5.97. The van der Waals surface area contributed by atoms with Crippen LogP contribution in [-0.2, 0) is 9.53 Å². The first-order valence-corrected chi connectivity index (χ1v) is 7.53. The van der Waals surface area contributed by atoms with Crippen LogP contribution in [-0.4, -0.2) is 18.0 Å². The molecule has 1 amide bonds. The van der Waals surface area contributed by atoms with Crippen molar-refractivity contribution in [2.45, 2.75) is 33.8 Å². The highest BCUT2D eigenvalue weighted by Gasteiger charge is 2.19. The molecule has 2 rings (SSSR count). The van der Waals surface area contributed by atoms with Crippen molar-refractivity contribution in [1.29, 1.82) is 0 Å². The molecule has 0 bridgehead atoms. The number of anilines is 1. The molecule has 1 N–H and O–H groups in total. The largest absolute Gasteiger partial charge is 0.449 e. The zero-order valence-electron chi connectivity index (χ0n) is 13.8. The molecular weight excluding hydrogens is 290 g/mol. The number of esters is 1. The Bertz CT molecular complexity index is 737. The molecule has 0 spiro atoms. The summed E-state index contributed by atoms with van der Waals surface area (Å²) in [5.41, 5.74) is 4.23. The standard InChI is InChI=1S/C19H21NO3/c1-12-9-10-16(11-14(12)3)19(22)23-15(4)18(21)20-17-8-6-5-7-13(17)2/h5-11,15H,1-4H3,(H,20,21)/t15-/m0/s1. The Kier molecular flexibility index (Phi) is 5.16. The number of amides is 1. The van der Waals surface area contributed by atoms with Gasteiger partial charge in [0.05, 0.1) is 5.56 Å². The lowest BCUT2D eigenvalue weighted by Crippen LogP contribution is -2.30. The Hall–Kier alpha value is -2.62. The molecule has 2 aromatic carbocycles. The van der Waals surface area contributed by atoms with Gasteiger partial charge in [0, 0.05) is 5.69 Å². The molecule has 0 aliphatic carbocycles. The fraction of sp³-hybridized carbons (Fsp3) is 0.263.